The largest absolute Gasteiger partial charge is 0.416 e. The van der Waals surface area contributed by atoms with Crippen LogP contribution in [0.1, 0.15) is 30.4 Å². The minimum absolute atomic E-state index is 0.230. The number of pyridine rings is 1. The first-order valence-electron chi connectivity index (χ1n) is 6.74. The quantitative estimate of drug-likeness (QED) is 0.917. The lowest BCUT2D eigenvalue weighted by Crippen LogP contribution is -2.05. The molecule has 2 rings (SSSR count). The van der Waals surface area contributed by atoms with Gasteiger partial charge < -0.3 is 5.73 Å². The van der Waals surface area contributed by atoms with Gasteiger partial charge in [0.1, 0.15) is 0 Å². The molecular formula is C16H17F3N2. The van der Waals surface area contributed by atoms with Crippen LogP contribution in [0.4, 0.5) is 13.2 Å². The van der Waals surface area contributed by atoms with E-state index in [-0.39, 0.29) is 5.92 Å². The zero-order chi connectivity index (χ0) is 15.5. The highest BCUT2D eigenvalue weighted by Crippen LogP contribution is 2.32. The second-order valence-corrected chi connectivity index (χ2v) is 5.06. The van der Waals surface area contributed by atoms with Crippen LogP contribution in [0.2, 0.25) is 0 Å². The lowest BCUT2D eigenvalue weighted by molar-refractivity contribution is -0.137. The minimum Gasteiger partial charge on any atom is -0.330 e. The Morgan fingerprint density at radius 2 is 1.90 bits per heavy atom. The van der Waals surface area contributed by atoms with E-state index >= 15 is 0 Å². The Bertz CT molecular complexity index is 608. The van der Waals surface area contributed by atoms with Crippen molar-refractivity contribution in [3.05, 3.63) is 53.9 Å². The molecule has 2 nitrogen and oxygen atoms in total. The van der Waals surface area contributed by atoms with Crippen molar-refractivity contribution in [1.82, 2.24) is 4.98 Å². The third-order valence-electron chi connectivity index (χ3n) is 3.45. The van der Waals surface area contributed by atoms with Crippen molar-refractivity contribution in [2.75, 3.05) is 6.54 Å². The van der Waals surface area contributed by atoms with Gasteiger partial charge in [-0.3, -0.25) is 4.98 Å². The standard InChI is InChI=1S/C16H17F3N2/c1-11(5-6-20)13-7-14(10-21-9-13)12-3-2-4-15(8-12)16(17,18)19/h2-4,7-11H,5-6,20H2,1H3. The Labute approximate surface area is 121 Å². The SMILES string of the molecule is CC(CCN)c1cncc(-c2cccc(C(F)(F)F)c2)c1. The summed E-state index contributed by atoms with van der Waals surface area (Å²) in [7, 11) is 0. The van der Waals surface area contributed by atoms with Gasteiger partial charge in [-0.25, -0.2) is 0 Å². The van der Waals surface area contributed by atoms with Crippen LogP contribution in [0.25, 0.3) is 11.1 Å². The highest BCUT2D eigenvalue weighted by molar-refractivity contribution is 5.64. The number of alkyl halides is 3. The first-order chi connectivity index (χ1) is 9.91. The number of benzene rings is 1. The van der Waals surface area contributed by atoms with Gasteiger partial charge in [0.25, 0.3) is 0 Å². The van der Waals surface area contributed by atoms with Gasteiger partial charge in [0.15, 0.2) is 0 Å². The molecule has 1 unspecified atom stereocenters. The lowest BCUT2D eigenvalue weighted by atomic mass is 9.96. The van der Waals surface area contributed by atoms with Crippen LogP contribution in [0.15, 0.2) is 42.7 Å². The van der Waals surface area contributed by atoms with Gasteiger partial charge in [-0.05, 0) is 48.2 Å². The van der Waals surface area contributed by atoms with Gasteiger partial charge in [-0.2, -0.15) is 13.2 Å². The molecule has 0 saturated carbocycles. The Morgan fingerprint density at radius 1 is 1.14 bits per heavy atom. The summed E-state index contributed by atoms with van der Waals surface area (Å²) in [5.74, 6) is 0.230. The fourth-order valence-corrected chi connectivity index (χ4v) is 2.18. The van der Waals surface area contributed by atoms with E-state index in [0.29, 0.717) is 17.7 Å². The first kappa shape index (κ1) is 15.5. The van der Waals surface area contributed by atoms with Gasteiger partial charge in [0.05, 0.1) is 5.56 Å². The number of rotatable bonds is 4. The van der Waals surface area contributed by atoms with E-state index in [2.05, 4.69) is 4.98 Å². The van der Waals surface area contributed by atoms with Crippen LogP contribution in [-0.4, -0.2) is 11.5 Å². The molecule has 0 amide bonds. The monoisotopic (exact) mass is 294 g/mol. The van der Waals surface area contributed by atoms with Crippen LogP contribution < -0.4 is 5.73 Å². The van der Waals surface area contributed by atoms with E-state index in [0.717, 1.165) is 24.1 Å². The first-order valence-corrected chi connectivity index (χ1v) is 6.74. The van der Waals surface area contributed by atoms with Crippen molar-refractivity contribution >= 4 is 0 Å². The van der Waals surface area contributed by atoms with E-state index in [9.17, 15) is 13.2 Å². The molecule has 0 saturated heterocycles. The molecular weight excluding hydrogens is 277 g/mol. The lowest BCUT2D eigenvalue weighted by Gasteiger charge is -2.12. The summed E-state index contributed by atoms with van der Waals surface area (Å²) in [4.78, 5) is 4.13. The van der Waals surface area contributed by atoms with Crippen LogP contribution >= 0.6 is 0 Å². The summed E-state index contributed by atoms with van der Waals surface area (Å²) in [6.07, 6.45) is -0.215. The van der Waals surface area contributed by atoms with Crippen LogP contribution in [0.3, 0.4) is 0 Å². The van der Waals surface area contributed by atoms with Gasteiger partial charge in [0, 0.05) is 18.0 Å². The van der Waals surface area contributed by atoms with Gasteiger partial charge in [-0.15, -0.1) is 0 Å². The maximum Gasteiger partial charge on any atom is 0.416 e. The molecule has 0 aliphatic carbocycles. The van der Waals surface area contributed by atoms with Gasteiger partial charge in [-0.1, -0.05) is 19.1 Å². The fourth-order valence-electron chi connectivity index (χ4n) is 2.18. The smallest absolute Gasteiger partial charge is 0.330 e. The van der Waals surface area contributed by atoms with Crippen LogP contribution in [0, 0.1) is 0 Å². The zero-order valence-corrected chi connectivity index (χ0v) is 11.7. The van der Waals surface area contributed by atoms with E-state index in [1.165, 1.54) is 6.07 Å². The molecule has 0 bridgehead atoms. The summed E-state index contributed by atoms with van der Waals surface area (Å²) in [5, 5.41) is 0. The summed E-state index contributed by atoms with van der Waals surface area (Å²) in [6, 6.07) is 7.16. The van der Waals surface area contributed by atoms with Crippen molar-refractivity contribution in [3.8, 4) is 11.1 Å². The van der Waals surface area contributed by atoms with E-state index in [4.69, 9.17) is 5.73 Å². The third kappa shape index (κ3) is 3.82. The van der Waals surface area contributed by atoms with Crippen molar-refractivity contribution in [2.24, 2.45) is 5.73 Å². The molecule has 0 radical (unpaired) electrons. The van der Waals surface area contributed by atoms with Gasteiger partial charge >= 0.3 is 6.18 Å². The number of hydrogen-bond donors (Lipinski definition) is 1. The molecule has 0 fully saturated rings. The Balaban J connectivity index is 2.36. The van der Waals surface area contributed by atoms with Crippen LogP contribution in [-0.2, 0) is 6.18 Å². The predicted octanol–water partition coefficient (Wildman–Crippen LogP) is 4.22. The molecule has 1 aromatic heterocycles. The van der Waals surface area contributed by atoms with Crippen molar-refractivity contribution in [3.63, 3.8) is 0 Å². The second-order valence-electron chi connectivity index (χ2n) is 5.06. The number of aromatic nitrogens is 1. The predicted molar refractivity (Wildman–Crippen MR) is 76.8 cm³/mol. The third-order valence-corrected chi connectivity index (χ3v) is 3.45. The molecule has 1 atom stereocenters. The normalized spacial score (nSPS) is 13.2. The summed E-state index contributed by atoms with van der Waals surface area (Å²) >= 11 is 0. The average Bonchev–Trinajstić information content (AvgIpc) is 2.47. The molecule has 0 aliphatic heterocycles. The number of nitrogens with zero attached hydrogens (tertiary/aromatic N) is 1. The highest BCUT2D eigenvalue weighted by atomic mass is 19.4. The molecule has 0 spiro atoms. The van der Waals surface area contributed by atoms with Gasteiger partial charge in [0.2, 0.25) is 0 Å². The van der Waals surface area contributed by atoms with E-state index < -0.39 is 11.7 Å². The summed E-state index contributed by atoms with van der Waals surface area (Å²) in [5.41, 5.74) is 7.06. The number of nitrogens with two attached hydrogens (primary N) is 1. The Hall–Kier alpha value is -1.88. The number of hydrogen-bond acceptors (Lipinski definition) is 2. The van der Waals surface area contributed by atoms with Crippen molar-refractivity contribution in [1.29, 1.82) is 0 Å². The molecule has 2 N–H and O–H groups in total. The number of halogens is 3. The second kappa shape index (κ2) is 6.26. The molecule has 1 heterocycles. The molecule has 112 valence electrons. The topological polar surface area (TPSA) is 38.9 Å². The molecule has 21 heavy (non-hydrogen) atoms. The summed E-state index contributed by atoms with van der Waals surface area (Å²) < 4.78 is 38.3. The molecule has 5 heteroatoms. The minimum atomic E-state index is -4.34. The van der Waals surface area contributed by atoms with E-state index in [1.807, 2.05) is 13.0 Å². The van der Waals surface area contributed by atoms with Crippen LogP contribution in [0.5, 0.6) is 0 Å². The van der Waals surface area contributed by atoms with Crippen molar-refractivity contribution in [2.45, 2.75) is 25.4 Å². The molecule has 0 aliphatic rings. The molecule has 1 aromatic carbocycles. The van der Waals surface area contributed by atoms with Crippen molar-refractivity contribution < 1.29 is 13.2 Å². The fraction of sp³-hybridized carbons (Fsp3) is 0.312. The average molecular weight is 294 g/mol. The van der Waals surface area contributed by atoms with E-state index in [1.54, 1.807) is 18.5 Å². The maximum atomic E-state index is 12.8. The maximum absolute atomic E-state index is 12.8. The Morgan fingerprint density at radius 3 is 2.57 bits per heavy atom. The highest BCUT2D eigenvalue weighted by Gasteiger charge is 2.30. The Kier molecular flexibility index (Phi) is 4.63. The summed E-state index contributed by atoms with van der Waals surface area (Å²) in [6.45, 7) is 2.59. The zero-order valence-electron chi connectivity index (χ0n) is 11.7. The molecule has 2 aromatic rings.